The Kier molecular flexibility index (Phi) is 5.99. The van der Waals surface area contributed by atoms with Crippen LogP contribution in [-0.2, 0) is 11.3 Å². The van der Waals surface area contributed by atoms with E-state index >= 15 is 0 Å². The van der Waals surface area contributed by atoms with Gasteiger partial charge in [0.15, 0.2) is 6.54 Å². The maximum absolute atomic E-state index is 12.1. The van der Waals surface area contributed by atoms with Gasteiger partial charge in [-0.05, 0) is 24.6 Å². The number of nitrogens with one attached hydrogen (secondary N) is 2. The molecule has 0 aliphatic carbocycles. The fourth-order valence-corrected chi connectivity index (χ4v) is 2.66. The maximum Gasteiger partial charge on any atom is 0.275 e. The van der Waals surface area contributed by atoms with E-state index in [4.69, 9.17) is 11.6 Å². The van der Waals surface area contributed by atoms with Crippen LogP contribution in [0.4, 0.5) is 0 Å². The second kappa shape index (κ2) is 7.97. The first-order valence-electron chi connectivity index (χ1n) is 7.44. The number of rotatable bonds is 6. The van der Waals surface area contributed by atoms with Gasteiger partial charge in [0.25, 0.3) is 5.91 Å². The monoisotopic (exact) mass is 317 g/mol. The van der Waals surface area contributed by atoms with E-state index in [0.29, 0.717) is 6.54 Å². The smallest absolute Gasteiger partial charge is 0.275 e. The van der Waals surface area contributed by atoms with E-state index in [1.165, 1.54) is 0 Å². The van der Waals surface area contributed by atoms with Gasteiger partial charge >= 0.3 is 0 Å². The predicted octanol–water partition coefficient (Wildman–Crippen LogP) is 2.23. The lowest BCUT2D eigenvalue weighted by atomic mass is 10.1. The second-order valence-corrected chi connectivity index (χ2v) is 6.08. The summed E-state index contributed by atoms with van der Waals surface area (Å²) in [6, 6.07) is 17.8. The maximum atomic E-state index is 12.1. The molecular formula is C18H22ClN2O+. The van der Waals surface area contributed by atoms with E-state index in [0.717, 1.165) is 27.6 Å². The fourth-order valence-electron chi connectivity index (χ4n) is 2.45. The van der Waals surface area contributed by atoms with Crippen molar-refractivity contribution in [1.82, 2.24) is 5.32 Å². The van der Waals surface area contributed by atoms with Gasteiger partial charge in [-0.25, -0.2) is 0 Å². The highest BCUT2D eigenvalue weighted by Crippen LogP contribution is 2.11. The van der Waals surface area contributed by atoms with Crippen LogP contribution in [0.25, 0.3) is 0 Å². The van der Waals surface area contributed by atoms with Gasteiger partial charge in [0.2, 0.25) is 0 Å². The number of likely N-dealkylation sites (N-methyl/N-ethyl adjacent to an activating group) is 1. The third kappa shape index (κ3) is 5.17. The van der Waals surface area contributed by atoms with Crippen LogP contribution >= 0.6 is 11.6 Å². The Hall–Kier alpha value is -1.84. The van der Waals surface area contributed by atoms with Gasteiger partial charge in [0.05, 0.1) is 13.1 Å². The van der Waals surface area contributed by atoms with Crippen LogP contribution in [0.5, 0.6) is 0 Å². The van der Waals surface area contributed by atoms with Gasteiger partial charge in [0.1, 0.15) is 6.54 Å². The van der Waals surface area contributed by atoms with Crippen molar-refractivity contribution in [2.75, 3.05) is 13.6 Å². The average molecular weight is 318 g/mol. The minimum absolute atomic E-state index is 0.0210. The summed E-state index contributed by atoms with van der Waals surface area (Å²) in [4.78, 5) is 13.3. The lowest BCUT2D eigenvalue weighted by molar-refractivity contribution is -0.885. The van der Waals surface area contributed by atoms with Gasteiger partial charge in [0, 0.05) is 10.6 Å². The van der Waals surface area contributed by atoms with Crippen LogP contribution in [0.2, 0.25) is 5.02 Å². The molecule has 0 spiro atoms. The summed E-state index contributed by atoms with van der Waals surface area (Å²) in [5.74, 6) is 0.0517. The molecule has 2 aromatic carbocycles. The lowest BCUT2D eigenvalue weighted by Gasteiger charge is -2.17. The molecule has 3 nitrogen and oxygen atoms in total. The number of amides is 1. The normalized spacial score (nSPS) is 13.4. The van der Waals surface area contributed by atoms with E-state index < -0.39 is 0 Å². The number of carbonyl (C=O) groups excluding carboxylic acids is 1. The third-order valence-electron chi connectivity index (χ3n) is 3.53. The molecule has 2 rings (SSSR count). The van der Waals surface area contributed by atoms with Crippen LogP contribution in [0.1, 0.15) is 24.1 Å². The minimum atomic E-state index is 0.0210. The molecule has 116 valence electrons. The first-order chi connectivity index (χ1) is 10.5. The molecule has 0 aromatic heterocycles. The summed E-state index contributed by atoms with van der Waals surface area (Å²) in [5, 5.41) is 3.77. The molecule has 0 bridgehead atoms. The molecule has 2 atom stereocenters. The molecule has 0 saturated carbocycles. The van der Waals surface area contributed by atoms with Crippen molar-refractivity contribution in [3.05, 3.63) is 70.7 Å². The first kappa shape index (κ1) is 16.5. The van der Waals surface area contributed by atoms with Crippen molar-refractivity contribution in [2.45, 2.75) is 19.5 Å². The van der Waals surface area contributed by atoms with Crippen LogP contribution in [-0.4, -0.2) is 19.5 Å². The summed E-state index contributed by atoms with van der Waals surface area (Å²) in [7, 11) is 2.01. The Morgan fingerprint density at radius 2 is 1.91 bits per heavy atom. The Balaban J connectivity index is 1.84. The highest BCUT2D eigenvalue weighted by molar-refractivity contribution is 6.30. The molecule has 0 aliphatic heterocycles. The summed E-state index contributed by atoms with van der Waals surface area (Å²) in [6.45, 7) is 3.21. The van der Waals surface area contributed by atoms with Crippen LogP contribution < -0.4 is 10.2 Å². The zero-order valence-corrected chi connectivity index (χ0v) is 13.7. The first-order valence-corrected chi connectivity index (χ1v) is 7.82. The number of hydrogen-bond donors (Lipinski definition) is 2. The molecule has 2 N–H and O–H groups in total. The van der Waals surface area contributed by atoms with E-state index in [1.807, 2.05) is 68.6 Å². The molecule has 0 heterocycles. The molecular weight excluding hydrogens is 296 g/mol. The number of halogens is 1. The second-order valence-electron chi connectivity index (χ2n) is 5.64. The zero-order chi connectivity index (χ0) is 15.9. The van der Waals surface area contributed by atoms with Crippen molar-refractivity contribution in [2.24, 2.45) is 0 Å². The lowest BCUT2D eigenvalue weighted by Crippen LogP contribution is -3.08. The summed E-state index contributed by atoms with van der Waals surface area (Å²) < 4.78 is 0. The SMILES string of the molecule is C[C@@H](NC(=O)C[NH+](C)Cc1cccc(Cl)c1)c1ccccc1. The molecule has 0 aliphatic rings. The highest BCUT2D eigenvalue weighted by Gasteiger charge is 2.14. The van der Waals surface area contributed by atoms with Crippen molar-refractivity contribution in [1.29, 1.82) is 0 Å². The third-order valence-corrected chi connectivity index (χ3v) is 3.77. The molecule has 1 unspecified atom stereocenters. The van der Waals surface area contributed by atoms with E-state index in [-0.39, 0.29) is 11.9 Å². The Morgan fingerprint density at radius 3 is 2.59 bits per heavy atom. The van der Waals surface area contributed by atoms with Crippen molar-refractivity contribution >= 4 is 17.5 Å². The van der Waals surface area contributed by atoms with E-state index in [1.54, 1.807) is 0 Å². The Morgan fingerprint density at radius 1 is 1.18 bits per heavy atom. The molecule has 0 saturated heterocycles. The number of hydrogen-bond acceptors (Lipinski definition) is 1. The van der Waals surface area contributed by atoms with Crippen molar-refractivity contribution in [3.8, 4) is 0 Å². The molecule has 0 fully saturated rings. The van der Waals surface area contributed by atoms with Crippen LogP contribution in [0, 0.1) is 0 Å². The van der Waals surface area contributed by atoms with Gasteiger partial charge in [-0.2, -0.15) is 0 Å². The van der Waals surface area contributed by atoms with E-state index in [2.05, 4.69) is 5.32 Å². The standard InChI is InChI=1S/C18H21ClN2O/c1-14(16-8-4-3-5-9-16)20-18(22)13-21(2)12-15-7-6-10-17(19)11-15/h3-11,14H,12-13H2,1-2H3,(H,20,22)/p+1/t14-/m1/s1. The Bertz CT molecular complexity index is 615. The van der Waals surface area contributed by atoms with Crippen molar-refractivity contribution < 1.29 is 9.69 Å². The number of carbonyl (C=O) groups is 1. The van der Waals surface area contributed by atoms with Crippen molar-refractivity contribution in [3.63, 3.8) is 0 Å². The van der Waals surface area contributed by atoms with Gasteiger partial charge in [-0.1, -0.05) is 54.1 Å². The molecule has 1 amide bonds. The fraction of sp³-hybridized carbons (Fsp3) is 0.278. The highest BCUT2D eigenvalue weighted by atomic mass is 35.5. The van der Waals surface area contributed by atoms with Crippen LogP contribution in [0.15, 0.2) is 54.6 Å². The topological polar surface area (TPSA) is 33.5 Å². The van der Waals surface area contributed by atoms with Crippen LogP contribution in [0.3, 0.4) is 0 Å². The van der Waals surface area contributed by atoms with Gasteiger partial charge < -0.3 is 10.2 Å². The summed E-state index contributed by atoms with van der Waals surface area (Å²) in [6.07, 6.45) is 0. The minimum Gasteiger partial charge on any atom is -0.345 e. The largest absolute Gasteiger partial charge is 0.345 e. The zero-order valence-electron chi connectivity index (χ0n) is 13.0. The van der Waals surface area contributed by atoms with Gasteiger partial charge in [-0.15, -0.1) is 0 Å². The summed E-state index contributed by atoms with van der Waals surface area (Å²) >= 11 is 5.98. The average Bonchev–Trinajstić information content (AvgIpc) is 2.47. The molecule has 4 heteroatoms. The van der Waals surface area contributed by atoms with Gasteiger partial charge in [-0.3, -0.25) is 4.79 Å². The molecule has 0 radical (unpaired) electrons. The Labute approximate surface area is 136 Å². The predicted molar refractivity (Wildman–Crippen MR) is 89.9 cm³/mol. The number of benzene rings is 2. The van der Waals surface area contributed by atoms with E-state index in [9.17, 15) is 4.79 Å². The summed E-state index contributed by atoms with van der Waals surface area (Å²) in [5.41, 5.74) is 2.25. The molecule has 2 aromatic rings. The quantitative estimate of drug-likeness (QED) is 0.841. The molecule has 22 heavy (non-hydrogen) atoms. The number of quaternary nitrogens is 1.